The summed E-state index contributed by atoms with van der Waals surface area (Å²) < 4.78 is 18.2. The van der Waals surface area contributed by atoms with Gasteiger partial charge in [0.05, 0.1) is 26.0 Å². The van der Waals surface area contributed by atoms with Gasteiger partial charge in [-0.2, -0.15) is 5.10 Å². The van der Waals surface area contributed by atoms with Crippen molar-refractivity contribution >= 4 is 5.82 Å². The minimum Gasteiger partial charge on any atom is -0.496 e. The Morgan fingerprint density at radius 2 is 1.71 bits per heavy atom. The molecule has 114 valence electrons. The number of aromatic nitrogens is 2. The van der Waals surface area contributed by atoms with Crippen LogP contribution < -0.4 is 19.9 Å². The molecule has 6 nitrogen and oxygen atoms in total. The van der Waals surface area contributed by atoms with E-state index in [1.54, 1.807) is 38.1 Å². The van der Waals surface area contributed by atoms with Crippen LogP contribution >= 0.6 is 0 Å². The van der Waals surface area contributed by atoms with E-state index in [1.807, 2.05) is 19.9 Å². The van der Waals surface area contributed by atoms with Gasteiger partial charge in [0.25, 0.3) is 0 Å². The smallest absolute Gasteiger partial charge is 0.165 e. The van der Waals surface area contributed by atoms with Crippen LogP contribution in [0.2, 0.25) is 0 Å². The number of hydrogen-bond acceptors (Lipinski definition) is 5. The summed E-state index contributed by atoms with van der Waals surface area (Å²) in [5.74, 6) is 2.50. The predicted octanol–water partition coefficient (Wildman–Crippen LogP) is 2.47. The molecule has 0 spiro atoms. The monoisotopic (exact) mass is 291 g/mol. The number of rotatable bonds is 5. The van der Waals surface area contributed by atoms with E-state index in [1.165, 1.54) is 0 Å². The van der Waals surface area contributed by atoms with Gasteiger partial charge in [-0.25, -0.2) is 0 Å². The third kappa shape index (κ3) is 3.04. The maximum absolute atomic E-state index is 5.84. The number of hydrogen-bond donors (Lipinski definition) is 1. The van der Waals surface area contributed by atoms with Crippen LogP contribution in [0.15, 0.2) is 18.2 Å². The Hall–Kier alpha value is -2.37. The highest BCUT2D eigenvalue weighted by molar-refractivity contribution is 5.73. The second-order valence-electron chi connectivity index (χ2n) is 4.95. The standard InChI is InChI=1S/C15H21N3O3/c1-9(2)21-14-8-12(19-4)10(6-13(14)20-5)11-7-15(16)18(3)17-11/h6-9H,16H2,1-5H3. The van der Waals surface area contributed by atoms with Crippen LogP contribution in [0.5, 0.6) is 17.2 Å². The van der Waals surface area contributed by atoms with Crippen LogP contribution in [-0.4, -0.2) is 30.1 Å². The van der Waals surface area contributed by atoms with Gasteiger partial charge in [-0.15, -0.1) is 0 Å². The van der Waals surface area contributed by atoms with Gasteiger partial charge in [0.15, 0.2) is 11.5 Å². The Morgan fingerprint density at radius 1 is 1.05 bits per heavy atom. The first kappa shape index (κ1) is 15.0. The van der Waals surface area contributed by atoms with E-state index in [0.717, 1.165) is 11.3 Å². The Balaban J connectivity index is 2.55. The zero-order valence-electron chi connectivity index (χ0n) is 13.0. The van der Waals surface area contributed by atoms with E-state index in [2.05, 4.69) is 5.10 Å². The molecule has 0 aliphatic heterocycles. The van der Waals surface area contributed by atoms with E-state index in [-0.39, 0.29) is 6.10 Å². The molecule has 1 heterocycles. The molecule has 0 aliphatic carbocycles. The maximum atomic E-state index is 5.84. The number of anilines is 1. The summed E-state index contributed by atoms with van der Waals surface area (Å²) in [5.41, 5.74) is 7.37. The van der Waals surface area contributed by atoms with Crippen LogP contribution in [0, 0.1) is 0 Å². The Bertz CT molecular complexity index is 616. The number of benzene rings is 1. The first-order chi connectivity index (χ1) is 9.96. The van der Waals surface area contributed by atoms with Crippen LogP contribution in [0.1, 0.15) is 13.8 Å². The number of nitrogen functional groups attached to an aromatic ring is 1. The lowest BCUT2D eigenvalue weighted by molar-refractivity contribution is 0.229. The number of aryl methyl sites for hydroxylation is 1. The Kier molecular flexibility index (Phi) is 4.26. The zero-order valence-corrected chi connectivity index (χ0v) is 13.0. The third-order valence-corrected chi connectivity index (χ3v) is 3.04. The van der Waals surface area contributed by atoms with E-state index >= 15 is 0 Å². The summed E-state index contributed by atoms with van der Waals surface area (Å²) in [6.45, 7) is 3.92. The van der Waals surface area contributed by atoms with Crippen molar-refractivity contribution in [3.8, 4) is 28.5 Å². The summed E-state index contributed by atoms with van der Waals surface area (Å²) in [6.07, 6.45) is 0.0416. The molecule has 0 saturated carbocycles. The van der Waals surface area contributed by atoms with Crippen molar-refractivity contribution in [2.24, 2.45) is 7.05 Å². The second-order valence-corrected chi connectivity index (χ2v) is 4.95. The van der Waals surface area contributed by atoms with Gasteiger partial charge in [0.1, 0.15) is 11.6 Å². The molecule has 2 aromatic rings. The van der Waals surface area contributed by atoms with Crippen LogP contribution in [0.4, 0.5) is 5.82 Å². The van der Waals surface area contributed by atoms with E-state index in [4.69, 9.17) is 19.9 Å². The predicted molar refractivity (Wildman–Crippen MR) is 81.9 cm³/mol. The van der Waals surface area contributed by atoms with Crippen molar-refractivity contribution in [3.05, 3.63) is 18.2 Å². The summed E-state index contributed by atoms with van der Waals surface area (Å²) in [4.78, 5) is 0. The molecule has 0 aliphatic rings. The highest BCUT2D eigenvalue weighted by atomic mass is 16.5. The fourth-order valence-corrected chi connectivity index (χ4v) is 2.03. The molecular weight excluding hydrogens is 270 g/mol. The fourth-order valence-electron chi connectivity index (χ4n) is 2.03. The highest BCUT2D eigenvalue weighted by Gasteiger charge is 2.17. The lowest BCUT2D eigenvalue weighted by Gasteiger charge is -2.16. The van der Waals surface area contributed by atoms with Gasteiger partial charge in [0, 0.05) is 24.7 Å². The molecule has 6 heteroatoms. The topological polar surface area (TPSA) is 71.5 Å². The van der Waals surface area contributed by atoms with E-state index < -0.39 is 0 Å². The molecule has 0 bridgehead atoms. The van der Waals surface area contributed by atoms with Crippen molar-refractivity contribution in [3.63, 3.8) is 0 Å². The summed E-state index contributed by atoms with van der Waals surface area (Å²) >= 11 is 0. The van der Waals surface area contributed by atoms with Crippen molar-refractivity contribution in [2.75, 3.05) is 20.0 Å². The highest BCUT2D eigenvalue weighted by Crippen LogP contribution is 2.40. The third-order valence-electron chi connectivity index (χ3n) is 3.04. The van der Waals surface area contributed by atoms with Gasteiger partial charge in [-0.05, 0) is 19.9 Å². The summed E-state index contributed by atoms with van der Waals surface area (Å²) in [6, 6.07) is 5.44. The normalized spacial score (nSPS) is 10.8. The van der Waals surface area contributed by atoms with Crippen molar-refractivity contribution < 1.29 is 14.2 Å². The lowest BCUT2D eigenvalue weighted by Crippen LogP contribution is -2.07. The fraction of sp³-hybridized carbons (Fsp3) is 0.400. The molecule has 0 radical (unpaired) electrons. The maximum Gasteiger partial charge on any atom is 0.165 e. The quantitative estimate of drug-likeness (QED) is 0.916. The molecule has 1 aromatic heterocycles. The Morgan fingerprint density at radius 3 is 2.19 bits per heavy atom. The van der Waals surface area contributed by atoms with Crippen molar-refractivity contribution in [1.29, 1.82) is 0 Å². The number of methoxy groups -OCH3 is 2. The van der Waals surface area contributed by atoms with Crippen LogP contribution in [0.25, 0.3) is 11.3 Å². The van der Waals surface area contributed by atoms with Gasteiger partial charge in [-0.1, -0.05) is 0 Å². The minimum absolute atomic E-state index is 0.0416. The largest absolute Gasteiger partial charge is 0.496 e. The van der Waals surface area contributed by atoms with Gasteiger partial charge < -0.3 is 19.9 Å². The molecule has 2 rings (SSSR count). The van der Waals surface area contributed by atoms with Gasteiger partial charge in [0.2, 0.25) is 0 Å². The molecule has 0 atom stereocenters. The molecule has 21 heavy (non-hydrogen) atoms. The first-order valence-corrected chi connectivity index (χ1v) is 6.68. The molecule has 0 amide bonds. The number of nitrogens with two attached hydrogens (primary N) is 1. The lowest BCUT2D eigenvalue weighted by atomic mass is 10.1. The molecule has 1 aromatic carbocycles. The van der Waals surface area contributed by atoms with Crippen LogP contribution in [0.3, 0.4) is 0 Å². The van der Waals surface area contributed by atoms with Crippen molar-refractivity contribution in [1.82, 2.24) is 9.78 Å². The molecule has 0 saturated heterocycles. The van der Waals surface area contributed by atoms with Crippen LogP contribution in [-0.2, 0) is 7.05 Å². The average Bonchev–Trinajstić information content (AvgIpc) is 2.77. The average molecular weight is 291 g/mol. The number of ether oxygens (including phenoxy) is 3. The Labute approximate surface area is 124 Å². The molecular formula is C15H21N3O3. The van der Waals surface area contributed by atoms with E-state index in [9.17, 15) is 0 Å². The summed E-state index contributed by atoms with van der Waals surface area (Å²) in [7, 11) is 5.00. The molecule has 2 N–H and O–H groups in total. The number of nitrogens with zero attached hydrogens (tertiary/aromatic N) is 2. The van der Waals surface area contributed by atoms with Crippen molar-refractivity contribution in [2.45, 2.75) is 20.0 Å². The van der Waals surface area contributed by atoms with Gasteiger partial charge >= 0.3 is 0 Å². The van der Waals surface area contributed by atoms with Gasteiger partial charge in [-0.3, -0.25) is 4.68 Å². The molecule has 0 fully saturated rings. The minimum atomic E-state index is 0.0416. The molecule has 0 unspecified atom stereocenters. The SMILES string of the molecule is COc1cc(-c2cc(N)n(C)n2)c(OC)cc1OC(C)C. The zero-order chi connectivity index (χ0) is 15.6. The van der Waals surface area contributed by atoms with E-state index in [0.29, 0.717) is 23.1 Å². The summed E-state index contributed by atoms with van der Waals surface area (Å²) in [5, 5.41) is 4.37. The first-order valence-electron chi connectivity index (χ1n) is 6.68. The second kappa shape index (κ2) is 5.95.